The van der Waals surface area contributed by atoms with Crippen molar-refractivity contribution in [3.63, 3.8) is 0 Å². The standard InChI is InChI=1S/C9H16N2O/c1-10-7-6-9(12)11-5-3-2-4-8(7)11/h7-8,10H,2-6H2,1H3. The van der Waals surface area contributed by atoms with Crippen molar-refractivity contribution in [1.29, 1.82) is 0 Å². The fourth-order valence-electron chi connectivity index (χ4n) is 2.42. The van der Waals surface area contributed by atoms with E-state index in [9.17, 15) is 4.79 Å². The summed E-state index contributed by atoms with van der Waals surface area (Å²) >= 11 is 0. The van der Waals surface area contributed by atoms with E-state index in [1.165, 1.54) is 19.3 Å². The van der Waals surface area contributed by atoms with Crippen molar-refractivity contribution < 1.29 is 4.79 Å². The van der Waals surface area contributed by atoms with E-state index in [4.69, 9.17) is 0 Å². The smallest absolute Gasteiger partial charge is 0.224 e. The predicted molar refractivity (Wildman–Crippen MR) is 46.8 cm³/mol. The molecule has 2 aliphatic rings. The van der Waals surface area contributed by atoms with Gasteiger partial charge in [0.05, 0.1) is 0 Å². The van der Waals surface area contributed by atoms with Gasteiger partial charge in [0, 0.05) is 25.0 Å². The highest BCUT2D eigenvalue weighted by atomic mass is 16.2. The Morgan fingerprint density at radius 3 is 3.08 bits per heavy atom. The summed E-state index contributed by atoms with van der Waals surface area (Å²) in [5.74, 6) is 0.346. The molecule has 0 saturated carbocycles. The van der Waals surface area contributed by atoms with Crippen molar-refractivity contribution in [1.82, 2.24) is 10.2 Å². The second-order valence-corrected chi connectivity index (χ2v) is 3.75. The van der Waals surface area contributed by atoms with Gasteiger partial charge in [-0.05, 0) is 26.3 Å². The van der Waals surface area contributed by atoms with E-state index in [-0.39, 0.29) is 0 Å². The lowest BCUT2D eigenvalue weighted by Crippen LogP contribution is -2.44. The first-order chi connectivity index (χ1) is 5.83. The number of carbonyl (C=O) groups is 1. The van der Waals surface area contributed by atoms with Crippen LogP contribution in [0.5, 0.6) is 0 Å². The van der Waals surface area contributed by atoms with Crippen LogP contribution < -0.4 is 5.32 Å². The van der Waals surface area contributed by atoms with E-state index in [0.717, 1.165) is 6.54 Å². The van der Waals surface area contributed by atoms with Crippen molar-refractivity contribution in [2.45, 2.75) is 37.8 Å². The second-order valence-electron chi connectivity index (χ2n) is 3.75. The number of carbonyl (C=O) groups excluding carboxylic acids is 1. The molecule has 0 aromatic heterocycles. The molecule has 0 aliphatic carbocycles. The van der Waals surface area contributed by atoms with Crippen LogP contribution in [0.4, 0.5) is 0 Å². The van der Waals surface area contributed by atoms with E-state index in [1.807, 2.05) is 7.05 Å². The number of piperidine rings is 1. The van der Waals surface area contributed by atoms with Crippen molar-refractivity contribution in [2.24, 2.45) is 0 Å². The minimum atomic E-state index is 0.346. The lowest BCUT2D eigenvalue weighted by molar-refractivity contribution is -0.129. The fraction of sp³-hybridized carbons (Fsp3) is 0.889. The zero-order chi connectivity index (χ0) is 8.55. The van der Waals surface area contributed by atoms with Gasteiger partial charge in [-0.25, -0.2) is 0 Å². The highest BCUT2D eigenvalue weighted by Crippen LogP contribution is 2.27. The number of likely N-dealkylation sites (N-methyl/N-ethyl adjacent to an activating group) is 1. The Kier molecular flexibility index (Phi) is 2.05. The van der Waals surface area contributed by atoms with Gasteiger partial charge in [-0.15, -0.1) is 0 Å². The zero-order valence-electron chi connectivity index (χ0n) is 7.55. The van der Waals surface area contributed by atoms with Crippen LogP contribution in [0.1, 0.15) is 25.7 Å². The van der Waals surface area contributed by atoms with Gasteiger partial charge in [0.25, 0.3) is 0 Å². The Morgan fingerprint density at radius 1 is 1.50 bits per heavy atom. The number of hydrogen-bond donors (Lipinski definition) is 1. The Hall–Kier alpha value is -0.570. The lowest BCUT2D eigenvalue weighted by Gasteiger charge is -2.32. The maximum absolute atomic E-state index is 11.5. The Bertz CT molecular complexity index is 193. The van der Waals surface area contributed by atoms with Crippen molar-refractivity contribution in [3.8, 4) is 0 Å². The highest BCUT2D eigenvalue weighted by Gasteiger charge is 2.39. The first kappa shape index (κ1) is 8.05. The van der Waals surface area contributed by atoms with E-state index < -0.39 is 0 Å². The van der Waals surface area contributed by atoms with Crippen LogP contribution in [-0.4, -0.2) is 36.5 Å². The number of fused-ring (bicyclic) bond motifs is 1. The average molecular weight is 168 g/mol. The van der Waals surface area contributed by atoms with Crippen LogP contribution in [0, 0.1) is 0 Å². The van der Waals surface area contributed by atoms with Crippen LogP contribution in [0.25, 0.3) is 0 Å². The van der Waals surface area contributed by atoms with Crippen LogP contribution in [0.15, 0.2) is 0 Å². The Morgan fingerprint density at radius 2 is 2.33 bits per heavy atom. The minimum absolute atomic E-state index is 0.346. The normalized spacial score (nSPS) is 35.4. The number of hydrogen-bond acceptors (Lipinski definition) is 2. The van der Waals surface area contributed by atoms with Gasteiger partial charge >= 0.3 is 0 Å². The Balaban J connectivity index is 2.10. The molecule has 2 heterocycles. The number of rotatable bonds is 1. The maximum atomic E-state index is 11.5. The quantitative estimate of drug-likeness (QED) is 0.613. The molecule has 2 unspecified atom stereocenters. The van der Waals surface area contributed by atoms with Crippen molar-refractivity contribution in [3.05, 3.63) is 0 Å². The first-order valence-electron chi connectivity index (χ1n) is 4.79. The molecule has 1 amide bonds. The minimum Gasteiger partial charge on any atom is -0.338 e. The summed E-state index contributed by atoms with van der Waals surface area (Å²) in [5, 5.41) is 3.23. The molecule has 0 aromatic rings. The van der Waals surface area contributed by atoms with E-state index >= 15 is 0 Å². The van der Waals surface area contributed by atoms with Gasteiger partial charge < -0.3 is 10.2 Å². The SMILES string of the molecule is CNC1CC(=O)N2CCCCC12. The van der Waals surface area contributed by atoms with Gasteiger partial charge in [0.15, 0.2) is 0 Å². The molecule has 2 fully saturated rings. The number of nitrogens with one attached hydrogen (secondary N) is 1. The average Bonchev–Trinajstić information content (AvgIpc) is 2.44. The van der Waals surface area contributed by atoms with Crippen LogP contribution in [0.3, 0.4) is 0 Å². The molecule has 2 aliphatic heterocycles. The third kappa shape index (κ3) is 1.12. The number of amides is 1. The Labute approximate surface area is 73.1 Å². The van der Waals surface area contributed by atoms with Gasteiger partial charge in [0.2, 0.25) is 5.91 Å². The van der Waals surface area contributed by atoms with Gasteiger partial charge in [-0.2, -0.15) is 0 Å². The van der Waals surface area contributed by atoms with E-state index in [1.54, 1.807) is 0 Å². The summed E-state index contributed by atoms with van der Waals surface area (Å²) in [6, 6.07) is 0.911. The molecule has 3 nitrogen and oxygen atoms in total. The maximum Gasteiger partial charge on any atom is 0.224 e. The molecule has 2 atom stereocenters. The van der Waals surface area contributed by atoms with E-state index in [0.29, 0.717) is 24.4 Å². The van der Waals surface area contributed by atoms with Crippen LogP contribution in [0.2, 0.25) is 0 Å². The molecule has 2 rings (SSSR count). The van der Waals surface area contributed by atoms with Gasteiger partial charge in [-0.3, -0.25) is 4.79 Å². The monoisotopic (exact) mass is 168 g/mol. The summed E-state index contributed by atoms with van der Waals surface area (Å²) in [7, 11) is 1.95. The van der Waals surface area contributed by atoms with Crippen LogP contribution >= 0.6 is 0 Å². The molecule has 0 radical (unpaired) electrons. The molecule has 0 aromatic carbocycles. The molecular weight excluding hydrogens is 152 g/mol. The third-order valence-electron chi connectivity index (χ3n) is 3.10. The molecule has 12 heavy (non-hydrogen) atoms. The second kappa shape index (κ2) is 3.05. The van der Waals surface area contributed by atoms with Crippen LogP contribution in [-0.2, 0) is 4.79 Å². The van der Waals surface area contributed by atoms with Gasteiger partial charge in [0.1, 0.15) is 0 Å². The van der Waals surface area contributed by atoms with Crippen molar-refractivity contribution >= 4 is 5.91 Å². The first-order valence-corrected chi connectivity index (χ1v) is 4.79. The predicted octanol–water partition coefficient (Wildman–Crippen LogP) is 0.359. The highest BCUT2D eigenvalue weighted by molar-refractivity contribution is 5.80. The summed E-state index contributed by atoms with van der Waals surface area (Å²) in [6.07, 6.45) is 4.38. The molecule has 68 valence electrons. The summed E-state index contributed by atoms with van der Waals surface area (Å²) in [4.78, 5) is 13.5. The zero-order valence-corrected chi connectivity index (χ0v) is 7.55. The molecular formula is C9H16N2O. The van der Waals surface area contributed by atoms with E-state index in [2.05, 4.69) is 10.2 Å². The summed E-state index contributed by atoms with van der Waals surface area (Å²) in [5.41, 5.74) is 0. The van der Waals surface area contributed by atoms with Gasteiger partial charge in [-0.1, -0.05) is 0 Å². The molecule has 1 N–H and O–H groups in total. The molecule has 2 saturated heterocycles. The largest absolute Gasteiger partial charge is 0.338 e. The third-order valence-corrected chi connectivity index (χ3v) is 3.10. The molecule has 0 spiro atoms. The topological polar surface area (TPSA) is 32.3 Å². The lowest BCUT2D eigenvalue weighted by atomic mass is 9.99. The summed E-state index contributed by atoms with van der Waals surface area (Å²) in [6.45, 7) is 0.988. The van der Waals surface area contributed by atoms with Crippen molar-refractivity contribution in [2.75, 3.05) is 13.6 Å². The molecule has 0 bridgehead atoms. The number of nitrogens with zero attached hydrogens (tertiary/aromatic N) is 1. The summed E-state index contributed by atoms with van der Waals surface area (Å²) < 4.78 is 0. The fourth-order valence-corrected chi connectivity index (χ4v) is 2.42. The molecule has 3 heteroatoms.